The number of methoxy groups -OCH3 is 1. The third kappa shape index (κ3) is 2.70. The normalized spacial score (nSPS) is 9.77. The molecule has 1 aromatic carbocycles. The molecule has 0 aliphatic heterocycles. The molecule has 0 aliphatic rings. The fraction of sp³-hybridized carbons (Fsp3) is 0.222. The fourth-order valence-corrected chi connectivity index (χ4v) is 1.10. The Labute approximate surface area is 80.3 Å². The molecule has 0 aromatic heterocycles. The minimum Gasteiger partial charge on any atom is -0.469 e. The quantitative estimate of drug-likeness (QED) is 0.688. The molecule has 1 rings (SSSR count). The first-order valence-electron chi connectivity index (χ1n) is 3.64. The van der Waals surface area contributed by atoms with E-state index in [1.54, 1.807) is 0 Å². The van der Waals surface area contributed by atoms with Crippen molar-refractivity contribution in [2.45, 2.75) is 6.42 Å². The first-order valence-corrected chi connectivity index (χ1v) is 4.02. The van der Waals surface area contributed by atoms with Gasteiger partial charge in [0.05, 0.1) is 13.5 Å². The zero-order valence-corrected chi connectivity index (χ0v) is 7.77. The number of carbonyl (C=O) groups is 1. The molecule has 0 heterocycles. The minimum absolute atomic E-state index is 0.0944. The Hall–Kier alpha value is -1.09. The van der Waals surface area contributed by atoms with E-state index in [1.807, 2.05) is 0 Å². The highest BCUT2D eigenvalue weighted by Crippen LogP contribution is 2.15. The number of ether oxygens (including phenoxy) is 1. The molecule has 4 heteroatoms. The molecule has 0 saturated carbocycles. The summed E-state index contributed by atoms with van der Waals surface area (Å²) in [6.07, 6.45) is -0.0944. The van der Waals surface area contributed by atoms with Gasteiger partial charge in [-0.05, 0) is 18.2 Å². The van der Waals surface area contributed by atoms with E-state index in [4.69, 9.17) is 11.6 Å². The molecule has 2 nitrogen and oxygen atoms in total. The Morgan fingerprint density at radius 1 is 1.62 bits per heavy atom. The third-order valence-electron chi connectivity index (χ3n) is 1.57. The second kappa shape index (κ2) is 4.23. The molecular formula is C9H8ClFO2. The van der Waals surface area contributed by atoms with Crippen LogP contribution in [0.2, 0.25) is 5.02 Å². The van der Waals surface area contributed by atoms with Crippen LogP contribution in [0.25, 0.3) is 0 Å². The molecule has 0 radical (unpaired) electrons. The zero-order valence-electron chi connectivity index (χ0n) is 7.01. The van der Waals surface area contributed by atoms with E-state index in [1.165, 1.54) is 25.3 Å². The van der Waals surface area contributed by atoms with Crippen molar-refractivity contribution in [1.82, 2.24) is 0 Å². The topological polar surface area (TPSA) is 26.3 Å². The van der Waals surface area contributed by atoms with Crippen molar-refractivity contribution in [3.63, 3.8) is 0 Å². The fourth-order valence-electron chi connectivity index (χ4n) is 0.906. The molecule has 0 saturated heterocycles. The van der Waals surface area contributed by atoms with E-state index in [-0.39, 0.29) is 12.0 Å². The van der Waals surface area contributed by atoms with Crippen LogP contribution in [0.1, 0.15) is 5.56 Å². The number of rotatable bonds is 2. The van der Waals surface area contributed by atoms with Gasteiger partial charge in [0.15, 0.2) is 0 Å². The summed E-state index contributed by atoms with van der Waals surface area (Å²) in [4.78, 5) is 10.8. The summed E-state index contributed by atoms with van der Waals surface area (Å²) in [6.45, 7) is 0. The van der Waals surface area contributed by atoms with Gasteiger partial charge in [-0.3, -0.25) is 4.79 Å². The number of halogens is 2. The van der Waals surface area contributed by atoms with Crippen LogP contribution in [0.3, 0.4) is 0 Å². The highest BCUT2D eigenvalue weighted by molar-refractivity contribution is 6.30. The van der Waals surface area contributed by atoms with Gasteiger partial charge in [0.2, 0.25) is 0 Å². The van der Waals surface area contributed by atoms with E-state index < -0.39 is 11.8 Å². The van der Waals surface area contributed by atoms with Crippen molar-refractivity contribution in [3.05, 3.63) is 34.6 Å². The predicted molar refractivity (Wildman–Crippen MR) is 47.1 cm³/mol. The Morgan fingerprint density at radius 3 is 2.92 bits per heavy atom. The number of benzene rings is 1. The SMILES string of the molecule is COC(=O)Cc1cc(Cl)ccc1F. The molecule has 0 fully saturated rings. The second-order valence-electron chi connectivity index (χ2n) is 2.49. The largest absolute Gasteiger partial charge is 0.469 e. The van der Waals surface area contributed by atoms with Crippen molar-refractivity contribution in [2.75, 3.05) is 7.11 Å². The van der Waals surface area contributed by atoms with Crippen LogP contribution >= 0.6 is 11.6 Å². The molecule has 1 aromatic rings. The van der Waals surface area contributed by atoms with Crippen LogP contribution in [0, 0.1) is 5.82 Å². The minimum atomic E-state index is -0.485. The van der Waals surface area contributed by atoms with Gasteiger partial charge in [0.25, 0.3) is 0 Å². The highest BCUT2D eigenvalue weighted by atomic mass is 35.5. The van der Waals surface area contributed by atoms with Gasteiger partial charge in [-0.15, -0.1) is 0 Å². The van der Waals surface area contributed by atoms with Gasteiger partial charge < -0.3 is 4.74 Å². The van der Waals surface area contributed by atoms with Crippen molar-refractivity contribution in [3.8, 4) is 0 Å². The second-order valence-corrected chi connectivity index (χ2v) is 2.93. The van der Waals surface area contributed by atoms with Gasteiger partial charge in [0.1, 0.15) is 5.82 Å². The molecule has 0 amide bonds. The van der Waals surface area contributed by atoms with Gasteiger partial charge in [-0.25, -0.2) is 4.39 Å². The van der Waals surface area contributed by atoms with Crippen LogP contribution in [0.15, 0.2) is 18.2 Å². The average Bonchev–Trinajstić information content (AvgIpc) is 2.11. The van der Waals surface area contributed by atoms with Crippen LogP contribution < -0.4 is 0 Å². The predicted octanol–water partition coefficient (Wildman–Crippen LogP) is 2.19. The highest BCUT2D eigenvalue weighted by Gasteiger charge is 2.08. The molecule has 0 aliphatic carbocycles. The molecule has 0 atom stereocenters. The van der Waals surface area contributed by atoms with Gasteiger partial charge >= 0.3 is 5.97 Å². The molecule has 0 bridgehead atoms. The summed E-state index contributed by atoms with van der Waals surface area (Å²) in [5, 5.41) is 0.403. The first kappa shape index (κ1) is 9.99. The molecule has 13 heavy (non-hydrogen) atoms. The molecule has 0 spiro atoms. The Bertz CT molecular complexity index is 325. The lowest BCUT2D eigenvalue weighted by molar-refractivity contribution is -0.139. The third-order valence-corrected chi connectivity index (χ3v) is 1.81. The molecular weight excluding hydrogens is 195 g/mol. The molecule has 70 valence electrons. The van der Waals surface area contributed by atoms with Crippen LogP contribution in [0.4, 0.5) is 4.39 Å². The Kier molecular flexibility index (Phi) is 3.25. The maximum atomic E-state index is 13.0. The lowest BCUT2D eigenvalue weighted by Crippen LogP contribution is -2.05. The lowest BCUT2D eigenvalue weighted by atomic mass is 10.1. The van der Waals surface area contributed by atoms with E-state index in [0.29, 0.717) is 5.02 Å². The smallest absolute Gasteiger partial charge is 0.310 e. The molecule has 0 unspecified atom stereocenters. The van der Waals surface area contributed by atoms with E-state index in [9.17, 15) is 9.18 Å². The van der Waals surface area contributed by atoms with Crippen molar-refractivity contribution < 1.29 is 13.9 Å². The Morgan fingerprint density at radius 2 is 2.31 bits per heavy atom. The van der Waals surface area contributed by atoms with Crippen molar-refractivity contribution >= 4 is 17.6 Å². The molecule has 0 N–H and O–H groups in total. The number of hydrogen-bond donors (Lipinski definition) is 0. The zero-order chi connectivity index (χ0) is 9.84. The summed E-state index contributed by atoms with van der Waals surface area (Å²) in [6, 6.07) is 4.06. The number of esters is 1. The van der Waals surface area contributed by atoms with E-state index in [0.717, 1.165) is 0 Å². The van der Waals surface area contributed by atoms with Gasteiger partial charge in [-0.2, -0.15) is 0 Å². The maximum absolute atomic E-state index is 13.0. The van der Waals surface area contributed by atoms with Gasteiger partial charge in [0, 0.05) is 10.6 Å². The summed E-state index contributed by atoms with van der Waals surface area (Å²) >= 11 is 5.62. The first-order chi connectivity index (χ1) is 6.13. The standard InChI is InChI=1S/C9H8ClFO2/c1-13-9(12)5-6-4-7(10)2-3-8(6)11/h2-4H,5H2,1H3. The monoisotopic (exact) mass is 202 g/mol. The van der Waals surface area contributed by atoms with Crippen molar-refractivity contribution in [2.24, 2.45) is 0 Å². The van der Waals surface area contributed by atoms with Gasteiger partial charge in [-0.1, -0.05) is 11.6 Å². The van der Waals surface area contributed by atoms with Crippen LogP contribution in [-0.2, 0) is 16.0 Å². The average molecular weight is 203 g/mol. The maximum Gasteiger partial charge on any atom is 0.310 e. The summed E-state index contributed by atoms with van der Waals surface area (Å²) < 4.78 is 17.4. The van der Waals surface area contributed by atoms with Crippen LogP contribution in [0.5, 0.6) is 0 Å². The van der Waals surface area contributed by atoms with Crippen LogP contribution in [-0.4, -0.2) is 13.1 Å². The lowest BCUT2D eigenvalue weighted by Gasteiger charge is -2.01. The van der Waals surface area contributed by atoms with E-state index in [2.05, 4.69) is 4.74 Å². The summed E-state index contributed by atoms with van der Waals surface area (Å²) in [5.74, 6) is -0.934. The number of carbonyl (C=O) groups excluding carboxylic acids is 1. The Balaban J connectivity index is 2.87. The van der Waals surface area contributed by atoms with E-state index >= 15 is 0 Å². The van der Waals surface area contributed by atoms with Crippen molar-refractivity contribution in [1.29, 1.82) is 0 Å². The number of hydrogen-bond acceptors (Lipinski definition) is 2. The summed E-state index contributed by atoms with van der Waals surface area (Å²) in [5.41, 5.74) is 0.249. The summed E-state index contributed by atoms with van der Waals surface area (Å²) in [7, 11) is 1.25.